The molecule has 34 heavy (non-hydrogen) atoms. The number of ether oxygens (including phenoxy) is 2. The molecular formula is C21H14F7NO4S. The van der Waals surface area contributed by atoms with E-state index in [9.17, 15) is 39.2 Å². The molecule has 0 unspecified atom stereocenters. The van der Waals surface area contributed by atoms with Crippen LogP contribution in [0.4, 0.5) is 30.7 Å². The lowest BCUT2D eigenvalue weighted by molar-refractivity contribution is -0.139. The average molecular weight is 509 g/mol. The van der Waals surface area contributed by atoms with Crippen LogP contribution in [0.2, 0.25) is 0 Å². The van der Waals surface area contributed by atoms with Gasteiger partial charge in [-0.15, -0.1) is 0 Å². The first-order valence-electron chi connectivity index (χ1n) is 9.05. The summed E-state index contributed by atoms with van der Waals surface area (Å²) < 4.78 is 131. The fourth-order valence-corrected chi connectivity index (χ4v) is 3.84. The Labute approximate surface area is 188 Å². The van der Waals surface area contributed by atoms with E-state index in [0.717, 1.165) is 38.5 Å². The lowest BCUT2D eigenvalue weighted by Crippen LogP contribution is -2.12. The number of methoxy groups -OCH3 is 2. The van der Waals surface area contributed by atoms with Crippen LogP contribution in [-0.4, -0.2) is 22.6 Å². The Balaban J connectivity index is 2.42. The fraction of sp³-hybridized carbons (Fsp3) is 0.143. The monoisotopic (exact) mass is 509 g/mol. The normalized spacial score (nSPS) is 12.1. The van der Waals surface area contributed by atoms with Crippen LogP contribution in [-0.2, 0) is 16.2 Å². The SMILES string of the molecule is COc1cc(-c2c(F)c(F)c(F)c(F)c2-c2ccc(S(N)(=O)=O)cc2)cc(OC)c1C(F)(F)F. The van der Waals surface area contributed by atoms with Gasteiger partial charge in [-0.1, -0.05) is 12.1 Å². The number of hydrogen-bond acceptors (Lipinski definition) is 4. The van der Waals surface area contributed by atoms with Gasteiger partial charge in [0.25, 0.3) is 0 Å². The molecule has 0 radical (unpaired) electrons. The zero-order valence-electron chi connectivity index (χ0n) is 17.2. The average Bonchev–Trinajstić information content (AvgIpc) is 2.77. The topological polar surface area (TPSA) is 78.6 Å². The molecule has 0 aliphatic carbocycles. The van der Waals surface area contributed by atoms with Gasteiger partial charge in [0.2, 0.25) is 10.0 Å². The number of halogens is 7. The molecule has 5 nitrogen and oxygen atoms in total. The van der Waals surface area contributed by atoms with Crippen LogP contribution >= 0.6 is 0 Å². The first-order valence-corrected chi connectivity index (χ1v) is 10.6. The molecule has 0 fully saturated rings. The van der Waals surface area contributed by atoms with E-state index in [0.29, 0.717) is 12.1 Å². The molecule has 3 aromatic rings. The van der Waals surface area contributed by atoms with E-state index in [2.05, 4.69) is 0 Å². The Bertz CT molecular complexity index is 1350. The lowest BCUT2D eigenvalue weighted by Gasteiger charge is -2.20. The number of primary sulfonamides is 1. The van der Waals surface area contributed by atoms with Crippen molar-refractivity contribution in [2.75, 3.05) is 14.2 Å². The maximum Gasteiger partial charge on any atom is 0.423 e. The lowest BCUT2D eigenvalue weighted by atomic mass is 9.91. The molecule has 182 valence electrons. The number of benzene rings is 3. The molecule has 0 aliphatic rings. The molecule has 3 rings (SSSR count). The van der Waals surface area contributed by atoms with E-state index in [1.165, 1.54) is 0 Å². The van der Waals surface area contributed by atoms with Gasteiger partial charge < -0.3 is 9.47 Å². The maximum absolute atomic E-state index is 14.9. The highest BCUT2D eigenvalue weighted by Crippen LogP contribution is 2.47. The third-order valence-corrected chi connectivity index (χ3v) is 5.75. The molecule has 0 saturated carbocycles. The third kappa shape index (κ3) is 4.40. The highest BCUT2D eigenvalue weighted by molar-refractivity contribution is 7.89. The van der Waals surface area contributed by atoms with Gasteiger partial charge in [0, 0.05) is 11.1 Å². The van der Waals surface area contributed by atoms with E-state index < -0.39 is 78.1 Å². The first-order chi connectivity index (χ1) is 15.7. The first kappa shape index (κ1) is 25.3. The van der Waals surface area contributed by atoms with E-state index >= 15 is 0 Å². The zero-order valence-corrected chi connectivity index (χ0v) is 18.0. The van der Waals surface area contributed by atoms with E-state index in [4.69, 9.17) is 14.6 Å². The second-order valence-corrected chi connectivity index (χ2v) is 8.39. The summed E-state index contributed by atoms with van der Waals surface area (Å²) in [6, 6.07) is 5.00. The summed E-state index contributed by atoms with van der Waals surface area (Å²) >= 11 is 0. The molecule has 0 saturated heterocycles. The van der Waals surface area contributed by atoms with Gasteiger partial charge in [0.1, 0.15) is 17.1 Å². The molecular weight excluding hydrogens is 495 g/mol. The highest BCUT2D eigenvalue weighted by Gasteiger charge is 2.39. The van der Waals surface area contributed by atoms with Crippen LogP contribution in [0.5, 0.6) is 11.5 Å². The van der Waals surface area contributed by atoms with Crippen molar-refractivity contribution in [2.45, 2.75) is 11.1 Å². The summed E-state index contributed by atoms with van der Waals surface area (Å²) in [5.41, 5.74) is -4.08. The molecule has 0 aromatic heterocycles. The van der Waals surface area contributed by atoms with Crippen LogP contribution < -0.4 is 14.6 Å². The van der Waals surface area contributed by atoms with Crippen LogP contribution in [0.1, 0.15) is 5.56 Å². The number of sulfonamides is 1. The predicted octanol–water partition coefficient (Wildman–Crippen LogP) is 5.26. The molecule has 0 amide bonds. The molecule has 3 aromatic carbocycles. The van der Waals surface area contributed by atoms with Gasteiger partial charge in [0.15, 0.2) is 23.3 Å². The molecule has 0 atom stereocenters. The maximum atomic E-state index is 14.9. The molecule has 13 heteroatoms. The van der Waals surface area contributed by atoms with Gasteiger partial charge in [-0.2, -0.15) is 13.2 Å². The number of nitrogens with two attached hydrogens (primary N) is 1. The van der Waals surface area contributed by atoms with Crippen molar-refractivity contribution < 1.29 is 48.6 Å². The van der Waals surface area contributed by atoms with E-state index in [1.54, 1.807) is 0 Å². The van der Waals surface area contributed by atoms with E-state index in [-0.39, 0.29) is 5.56 Å². The Hall–Kier alpha value is -3.32. The van der Waals surface area contributed by atoms with Crippen molar-refractivity contribution in [2.24, 2.45) is 5.14 Å². The van der Waals surface area contributed by atoms with Crippen molar-refractivity contribution in [3.8, 4) is 33.8 Å². The third-order valence-electron chi connectivity index (χ3n) is 4.82. The van der Waals surface area contributed by atoms with Crippen LogP contribution in [0.15, 0.2) is 41.3 Å². The minimum absolute atomic E-state index is 0.324. The largest absolute Gasteiger partial charge is 0.496 e. The van der Waals surface area contributed by atoms with Crippen LogP contribution in [0.25, 0.3) is 22.3 Å². The van der Waals surface area contributed by atoms with E-state index in [1.807, 2.05) is 0 Å². The van der Waals surface area contributed by atoms with Crippen molar-refractivity contribution >= 4 is 10.0 Å². The van der Waals surface area contributed by atoms with Crippen molar-refractivity contribution in [3.05, 3.63) is 65.2 Å². The molecule has 2 N–H and O–H groups in total. The van der Waals surface area contributed by atoms with Crippen LogP contribution in [0.3, 0.4) is 0 Å². The standard InChI is InChI=1S/C21H14F7NO4S/c1-32-12-7-10(8-13(33-2)16(12)21(26,27)28)15-14(17(22)19(24)20(25)18(15)23)9-3-5-11(6-4-9)34(29,30)31/h3-8H,1-2H3,(H2,29,30,31). The number of hydrogen-bond donors (Lipinski definition) is 1. The summed E-state index contributed by atoms with van der Waals surface area (Å²) in [7, 11) is -2.42. The molecule has 0 bridgehead atoms. The zero-order chi connectivity index (χ0) is 25.6. The Morgan fingerprint density at radius 1 is 0.735 bits per heavy atom. The minimum Gasteiger partial charge on any atom is -0.496 e. The van der Waals surface area contributed by atoms with Crippen LogP contribution in [0, 0.1) is 23.3 Å². The smallest absolute Gasteiger partial charge is 0.423 e. The second-order valence-electron chi connectivity index (χ2n) is 6.83. The molecule has 0 spiro atoms. The second kappa shape index (κ2) is 8.80. The Kier molecular flexibility index (Phi) is 6.55. The quantitative estimate of drug-likeness (QED) is 0.289. The minimum atomic E-state index is -4.97. The summed E-state index contributed by atoms with van der Waals surface area (Å²) in [4.78, 5) is -0.417. The molecule has 0 heterocycles. The van der Waals surface area contributed by atoms with Gasteiger partial charge >= 0.3 is 6.18 Å². The van der Waals surface area contributed by atoms with Gasteiger partial charge in [-0.05, 0) is 35.4 Å². The summed E-state index contributed by atoms with van der Waals surface area (Å²) in [6.45, 7) is 0. The predicted molar refractivity (Wildman–Crippen MR) is 107 cm³/mol. The van der Waals surface area contributed by atoms with Gasteiger partial charge in [-0.3, -0.25) is 0 Å². The van der Waals surface area contributed by atoms with Crippen molar-refractivity contribution in [1.82, 2.24) is 0 Å². The Morgan fingerprint density at radius 3 is 1.50 bits per heavy atom. The number of rotatable bonds is 5. The fourth-order valence-electron chi connectivity index (χ4n) is 3.32. The Morgan fingerprint density at radius 2 is 1.15 bits per heavy atom. The van der Waals surface area contributed by atoms with Gasteiger partial charge in [0.05, 0.1) is 19.1 Å². The summed E-state index contributed by atoms with van der Waals surface area (Å²) in [5.74, 6) is -9.89. The number of alkyl halides is 3. The van der Waals surface area contributed by atoms with Crippen molar-refractivity contribution in [1.29, 1.82) is 0 Å². The molecule has 0 aliphatic heterocycles. The van der Waals surface area contributed by atoms with Crippen molar-refractivity contribution in [3.63, 3.8) is 0 Å². The van der Waals surface area contributed by atoms with Gasteiger partial charge in [-0.25, -0.2) is 31.1 Å². The summed E-state index contributed by atoms with van der Waals surface area (Å²) in [5, 5.41) is 4.99. The highest BCUT2D eigenvalue weighted by atomic mass is 32.2. The summed E-state index contributed by atoms with van der Waals surface area (Å²) in [6.07, 6.45) is -4.97.